The molecule has 2 aromatic heterocycles. The van der Waals surface area contributed by atoms with E-state index >= 15 is 0 Å². The van der Waals surface area contributed by atoms with E-state index in [4.69, 9.17) is 4.74 Å². The van der Waals surface area contributed by atoms with Crippen molar-refractivity contribution in [1.29, 1.82) is 0 Å². The average molecular weight is 366 g/mol. The summed E-state index contributed by atoms with van der Waals surface area (Å²) in [6, 6.07) is 13.9. The second kappa shape index (κ2) is 7.29. The fraction of sp³-hybridized carbons (Fsp3) is 0.429. The Bertz CT molecular complexity index is 977. The molecule has 1 aliphatic rings. The maximum Gasteiger partial charge on any atom is 0.272 e. The molecule has 1 saturated heterocycles. The van der Waals surface area contributed by atoms with E-state index in [9.17, 15) is 4.79 Å². The number of hydrogen-bond acceptors (Lipinski definition) is 4. The summed E-state index contributed by atoms with van der Waals surface area (Å²) in [4.78, 5) is 19.4. The largest absolute Gasteiger partial charge is 0.367 e. The van der Waals surface area contributed by atoms with Gasteiger partial charge in [0.05, 0.1) is 17.9 Å². The number of nitrogens with one attached hydrogen (secondary N) is 1. The van der Waals surface area contributed by atoms with Gasteiger partial charge in [-0.1, -0.05) is 44.2 Å². The van der Waals surface area contributed by atoms with E-state index < -0.39 is 0 Å². The monoisotopic (exact) mass is 366 g/mol. The van der Waals surface area contributed by atoms with Gasteiger partial charge in [0.1, 0.15) is 0 Å². The molecule has 0 spiro atoms. The topological polar surface area (TPSA) is 62.6 Å². The molecule has 3 heterocycles. The van der Waals surface area contributed by atoms with Crippen LogP contribution in [0, 0.1) is 12.8 Å². The molecule has 1 aliphatic heterocycles. The third-order valence-corrected chi connectivity index (χ3v) is 5.13. The molecule has 6 nitrogen and oxygen atoms in total. The molecule has 1 N–H and O–H groups in total. The number of benzene rings is 1. The van der Waals surface area contributed by atoms with Crippen molar-refractivity contribution in [2.45, 2.75) is 39.5 Å². The first-order valence-corrected chi connectivity index (χ1v) is 9.50. The van der Waals surface area contributed by atoms with E-state index in [2.05, 4.69) is 41.0 Å². The first-order valence-electron chi connectivity index (χ1n) is 9.50. The number of aromatic nitrogens is 3. The number of hydrogen-bond donors (Lipinski definition) is 1. The molecule has 2 atom stereocenters. The maximum atomic E-state index is 12.4. The fourth-order valence-corrected chi connectivity index (χ4v) is 3.68. The number of aryl methyl sites for hydroxylation is 1. The summed E-state index contributed by atoms with van der Waals surface area (Å²) in [6.07, 6.45) is 0.190. The van der Waals surface area contributed by atoms with Crippen LogP contribution in [-0.2, 0) is 11.3 Å². The standard InChI is InChI=1S/C21H26N4O2/c1-14(2)18-12-24(13-19(27-18)16-7-5-4-6-8-16)11-17-10-21(26)25-20(22-17)9-15(3)23-25/h4-10,14,18-19,23H,11-13H2,1-3H3/t18-,19+/m1/s1. The number of ether oxygens (including phenoxy) is 1. The van der Waals surface area contributed by atoms with Gasteiger partial charge in [-0.2, -0.15) is 0 Å². The van der Waals surface area contributed by atoms with E-state index in [1.807, 2.05) is 31.2 Å². The highest BCUT2D eigenvalue weighted by atomic mass is 16.5. The van der Waals surface area contributed by atoms with Crippen molar-refractivity contribution in [3.63, 3.8) is 0 Å². The second-order valence-corrected chi connectivity index (χ2v) is 7.73. The lowest BCUT2D eigenvalue weighted by molar-refractivity contribution is -0.108. The quantitative estimate of drug-likeness (QED) is 0.771. The zero-order chi connectivity index (χ0) is 19.0. The molecule has 0 radical (unpaired) electrons. The van der Waals surface area contributed by atoms with Crippen molar-refractivity contribution < 1.29 is 4.74 Å². The van der Waals surface area contributed by atoms with Crippen LogP contribution >= 0.6 is 0 Å². The molecule has 0 amide bonds. The van der Waals surface area contributed by atoms with Gasteiger partial charge in [-0.05, 0) is 18.4 Å². The zero-order valence-electron chi connectivity index (χ0n) is 16.1. The first-order chi connectivity index (χ1) is 13.0. The highest BCUT2D eigenvalue weighted by Gasteiger charge is 2.30. The van der Waals surface area contributed by atoms with Crippen LogP contribution in [0.2, 0.25) is 0 Å². The van der Waals surface area contributed by atoms with Crippen LogP contribution in [0.1, 0.15) is 36.9 Å². The molecule has 3 aromatic rings. The summed E-state index contributed by atoms with van der Waals surface area (Å²) in [6.45, 7) is 8.58. The van der Waals surface area contributed by atoms with Crippen molar-refractivity contribution in [2.24, 2.45) is 5.92 Å². The minimum Gasteiger partial charge on any atom is -0.367 e. The normalized spacial score (nSPS) is 21.2. The van der Waals surface area contributed by atoms with Crippen LogP contribution in [0.4, 0.5) is 0 Å². The van der Waals surface area contributed by atoms with E-state index in [-0.39, 0.29) is 17.8 Å². The first kappa shape index (κ1) is 17.9. The Hall–Kier alpha value is -2.44. The SMILES string of the molecule is Cc1cc2nc(CN3C[C@@H](c4ccccc4)O[C@@H](C(C)C)C3)cc(=O)n2[nH]1. The molecule has 6 heteroatoms. The van der Waals surface area contributed by atoms with E-state index in [0.29, 0.717) is 18.1 Å². The summed E-state index contributed by atoms with van der Waals surface area (Å²) < 4.78 is 7.85. The maximum absolute atomic E-state index is 12.4. The number of aromatic amines is 1. The van der Waals surface area contributed by atoms with Gasteiger partial charge in [0.25, 0.3) is 5.56 Å². The molecule has 1 fully saturated rings. The van der Waals surface area contributed by atoms with Crippen molar-refractivity contribution >= 4 is 5.65 Å². The molecule has 0 bridgehead atoms. The van der Waals surface area contributed by atoms with Crippen molar-refractivity contribution in [3.8, 4) is 0 Å². The third kappa shape index (κ3) is 3.82. The van der Waals surface area contributed by atoms with Crippen molar-refractivity contribution in [3.05, 3.63) is 69.8 Å². The number of morpholine rings is 1. The van der Waals surface area contributed by atoms with Gasteiger partial charge in [-0.3, -0.25) is 14.8 Å². The Morgan fingerprint density at radius 2 is 2.00 bits per heavy atom. The molecule has 4 rings (SSSR count). The predicted octanol–water partition coefficient (Wildman–Crippen LogP) is 2.93. The van der Waals surface area contributed by atoms with Gasteiger partial charge in [-0.15, -0.1) is 0 Å². The van der Waals surface area contributed by atoms with Gasteiger partial charge >= 0.3 is 0 Å². The summed E-state index contributed by atoms with van der Waals surface area (Å²) in [5.74, 6) is 0.424. The van der Waals surface area contributed by atoms with Crippen LogP contribution < -0.4 is 5.56 Å². The Morgan fingerprint density at radius 3 is 2.74 bits per heavy atom. The number of fused-ring (bicyclic) bond motifs is 1. The highest BCUT2D eigenvalue weighted by molar-refractivity contribution is 5.39. The summed E-state index contributed by atoms with van der Waals surface area (Å²) >= 11 is 0. The Morgan fingerprint density at radius 1 is 1.22 bits per heavy atom. The lowest BCUT2D eigenvalue weighted by Crippen LogP contribution is -2.45. The third-order valence-electron chi connectivity index (χ3n) is 5.13. The molecule has 0 saturated carbocycles. The van der Waals surface area contributed by atoms with E-state index in [1.54, 1.807) is 6.07 Å². The number of rotatable bonds is 4. The van der Waals surface area contributed by atoms with Crippen LogP contribution in [0.3, 0.4) is 0 Å². The zero-order valence-corrected chi connectivity index (χ0v) is 16.1. The summed E-state index contributed by atoms with van der Waals surface area (Å²) in [5, 5.41) is 3.02. The number of H-pyrrole nitrogens is 1. The van der Waals surface area contributed by atoms with Crippen molar-refractivity contribution in [2.75, 3.05) is 13.1 Å². The lowest BCUT2D eigenvalue weighted by atomic mass is 10.0. The van der Waals surface area contributed by atoms with E-state index in [0.717, 1.165) is 24.5 Å². The molecule has 27 heavy (non-hydrogen) atoms. The van der Waals surface area contributed by atoms with Gasteiger partial charge in [0.15, 0.2) is 5.65 Å². The van der Waals surface area contributed by atoms with Gasteiger partial charge in [0, 0.05) is 37.5 Å². The fourth-order valence-electron chi connectivity index (χ4n) is 3.68. The van der Waals surface area contributed by atoms with E-state index in [1.165, 1.54) is 10.1 Å². The predicted molar refractivity (Wildman–Crippen MR) is 105 cm³/mol. The molecule has 0 unspecified atom stereocenters. The Kier molecular flexibility index (Phi) is 4.85. The Balaban J connectivity index is 1.59. The molecular formula is C21H26N4O2. The van der Waals surface area contributed by atoms with Crippen LogP contribution in [-0.4, -0.2) is 38.7 Å². The minimum absolute atomic E-state index is 0.0340. The van der Waals surface area contributed by atoms with Crippen molar-refractivity contribution in [1.82, 2.24) is 19.5 Å². The average Bonchev–Trinajstić information content (AvgIpc) is 3.03. The van der Waals surface area contributed by atoms with Crippen LogP contribution in [0.25, 0.3) is 5.65 Å². The summed E-state index contributed by atoms with van der Waals surface area (Å²) in [7, 11) is 0. The van der Waals surface area contributed by atoms with Gasteiger partial charge in [-0.25, -0.2) is 9.50 Å². The number of nitrogens with zero attached hydrogens (tertiary/aromatic N) is 3. The van der Waals surface area contributed by atoms with Crippen LogP contribution in [0.15, 0.2) is 47.3 Å². The second-order valence-electron chi connectivity index (χ2n) is 7.73. The minimum atomic E-state index is -0.0728. The van der Waals surface area contributed by atoms with Gasteiger partial charge < -0.3 is 4.74 Å². The summed E-state index contributed by atoms with van der Waals surface area (Å²) in [5.41, 5.74) is 3.51. The molecule has 1 aromatic carbocycles. The van der Waals surface area contributed by atoms with Gasteiger partial charge in [0.2, 0.25) is 0 Å². The lowest BCUT2D eigenvalue weighted by Gasteiger charge is -2.40. The highest BCUT2D eigenvalue weighted by Crippen LogP contribution is 2.28. The molecular weight excluding hydrogens is 340 g/mol. The molecule has 142 valence electrons. The van der Waals surface area contributed by atoms with Crippen LogP contribution in [0.5, 0.6) is 0 Å². The molecule has 0 aliphatic carbocycles. The Labute approximate surface area is 158 Å². The smallest absolute Gasteiger partial charge is 0.272 e.